The molecule has 156 valence electrons. The van der Waals surface area contributed by atoms with Crippen molar-refractivity contribution >= 4 is 5.91 Å². The lowest BCUT2D eigenvalue weighted by molar-refractivity contribution is -0.141. The Hall–Kier alpha value is -3.35. The van der Waals surface area contributed by atoms with E-state index in [0.29, 0.717) is 6.07 Å². The number of alkyl halides is 3. The van der Waals surface area contributed by atoms with Crippen molar-refractivity contribution in [2.24, 2.45) is 0 Å². The van der Waals surface area contributed by atoms with Gasteiger partial charge in [-0.15, -0.1) is 0 Å². The molecule has 30 heavy (non-hydrogen) atoms. The molecule has 1 heterocycles. The molecule has 0 aliphatic heterocycles. The number of amides is 1. The Kier molecular flexibility index (Phi) is 6.10. The van der Waals surface area contributed by atoms with Crippen molar-refractivity contribution < 1.29 is 18.0 Å². The van der Waals surface area contributed by atoms with Crippen LogP contribution >= 0.6 is 0 Å². The first-order chi connectivity index (χ1) is 14.2. The number of aromatic nitrogens is 1. The quantitative estimate of drug-likeness (QED) is 0.631. The fourth-order valence-corrected chi connectivity index (χ4v) is 3.14. The lowest BCUT2D eigenvalue weighted by Gasteiger charge is -2.21. The second-order valence-corrected chi connectivity index (χ2v) is 7.03. The van der Waals surface area contributed by atoms with Gasteiger partial charge in [0.2, 0.25) is 0 Å². The van der Waals surface area contributed by atoms with Gasteiger partial charge in [0.1, 0.15) is 11.3 Å². The van der Waals surface area contributed by atoms with Crippen LogP contribution in [0.5, 0.6) is 0 Å². The van der Waals surface area contributed by atoms with Crippen LogP contribution < -0.4 is 10.9 Å². The molecule has 1 unspecified atom stereocenters. The number of carbonyl (C=O) groups is 1. The van der Waals surface area contributed by atoms with Gasteiger partial charge in [-0.3, -0.25) is 9.59 Å². The number of pyridine rings is 1. The molecule has 3 rings (SSSR count). The molecule has 3 aromatic rings. The highest BCUT2D eigenvalue weighted by Gasteiger charge is 2.32. The first-order valence-corrected chi connectivity index (χ1v) is 9.46. The monoisotopic (exact) mass is 414 g/mol. The summed E-state index contributed by atoms with van der Waals surface area (Å²) in [5.41, 5.74) is 1.06. The number of hydrogen-bond donors (Lipinski definition) is 2. The van der Waals surface area contributed by atoms with Gasteiger partial charge in [0.25, 0.3) is 11.5 Å². The molecule has 2 aromatic carbocycles. The van der Waals surface area contributed by atoms with Crippen molar-refractivity contribution in [3.8, 4) is 0 Å². The summed E-state index contributed by atoms with van der Waals surface area (Å²) in [5.74, 6) is -0.752. The molecule has 0 spiro atoms. The minimum atomic E-state index is -4.70. The normalized spacial score (nSPS) is 12.4. The predicted molar refractivity (Wildman–Crippen MR) is 108 cm³/mol. The van der Waals surface area contributed by atoms with Gasteiger partial charge < -0.3 is 10.3 Å². The highest BCUT2D eigenvalue weighted by molar-refractivity contribution is 5.94. The van der Waals surface area contributed by atoms with E-state index in [9.17, 15) is 22.8 Å². The van der Waals surface area contributed by atoms with E-state index in [1.54, 1.807) is 4.98 Å². The zero-order valence-electron chi connectivity index (χ0n) is 16.5. The maximum atomic E-state index is 12.8. The molecular formula is C23H21F3N2O2. The largest absolute Gasteiger partial charge is 0.431 e. The zero-order chi connectivity index (χ0) is 21.9. The van der Waals surface area contributed by atoms with Crippen molar-refractivity contribution in [3.63, 3.8) is 0 Å². The average molecular weight is 414 g/mol. The maximum absolute atomic E-state index is 12.8. The van der Waals surface area contributed by atoms with Crippen LogP contribution in [0.15, 0.2) is 65.5 Å². The third kappa shape index (κ3) is 4.79. The number of halogens is 3. The molecule has 0 radical (unpaired) electrons. The number of carbonyl (C=O) groups excluding carboxylic acids is 1. The van der Waals surface area contributed by atoms with E-state index < -0.39 is 29.4 Å². The standard InChI is InChI=1S/C23H21F3N2O2/c1-3-15-5-4-6-17(13-15)20(16-9-7-14(2)8-10-16)28-22(30)18-11-12-19(23(24,25)26)27-21(18)29/h4-13,20H,3H2,1-2H3,(H,27,29)(H,28,30). The first kappa shape index (κ1) is 21.4. The summed E-state index contributed by atoms with van der Waals surface area (Å²) in [6.07, 6.45) is -3.89. The van der Waals surface area contributed by atoms with Crippen molar-refractivity contribution in [3.05, 3.63) is 105 Å². The highest BCUT2D eigenvalue weighted by atomic mass is 19.4. The molecule has 2 N–H and O–H groups in total. The first-order valence-electron chi connectivity index (χ1n) is 9.46. The Morgan fingerprint density at radius 1 is 1.03 bits per heavy atom. The van der Waals surface area contributed by atoms with E-state index >= 15 is 0 Å². The Morgan fingerprint density at radius 3 is 2.33 bits per heavy atom. The average Bonchev–Trinajstić information content (AvgIpc) is 2.72. The van der Waals surface area contributed by atoms with Gasteiger partial charge in [-0.25, -0.2) is 0 Å². The van der Waals surface area contributed by atoms with Crippen LogP contribution in [0.1, 0.15) is 51.3 Å². The van der Waals surface area contributed by atoms with Crippen LogP contribution in [0.4, 0.5) is 13.2 Å². The molecule has 0 bridgehead atoms. The number of rotatable bonds is 5. The predicted octanol–water partition coefficient (Wildman–Crippen LogP) is 4.78. The summed E-state index contributed by atoms with van der Waals surface area (Å²) in [4.78, 5) is 26.6. The third-order valence-electron chi connectivity index (χ3n) is 4.84. The molecule has 0 fully saturated rings. The summed E-state index contributed by atoms with van der Waals surface area (Å²) < 4.78 is 38.4. The van der Waals surface area contributed by atoms with Crippen molar-refractivity contribution in [2.45, 2.75) is 32.5 Å². The lowest BCUT2D eigenvalue weighted by atomic mass is 9.95. The number of benzene rings is 2. The highest BCUT2D eigenvalue weighted by Crippen LogP contribution is 2.27. The fourth-order valence-electron chi connectivity index (χ4n) is 3.14. The number of nitrogens with one attached hydrogen (secondary N) is 2. The van der Waals surface area contributed by atoms with E-state index in [1.165, 1.54) is 0 Å². The van der Waals surface area contributed by atoms with Gasteiger partial charge in [0.05, 0.1) is 6.04 Å². The van der Waals surface area contributed by atoms with Crippen LogP contribution in [0, 0.1) is 6.92 Å². The summed E-state index contributed by atoms with van der Waals surface area (Å²) in [6.45, 7) is 3.96. The van der Waals surface area contributed by atoms with Gasteiger partial charge in [0, 0.05) is 0 Å². The van der Waals surface area contributed by atoms with Gasteiger partial charge >= 0.3 is 6.18 Å². The Labute approximate surface area is 171 Å². The van der Waals surface area contributed by atoms with Crippen molar-refractivity contribution in [1.82, 2.24) is 10.3 Å². The third-order valence-corrected chi connectivity index (χ3v) is 4.84. The number of H-pyrrole nitrogens is 1. The second kappa shape index (κ2) is 8.57. The van der Waals surface area contributed by atoms with Crippen LogP contribution in [-0.2, 0) is 12.6 Å². The lowest BCUT2D eigenvalue weighted by Crippen LogP contribution is -2.34. The van der Waals surface area contributed by atoms with Crippen LogP contribution in [0.3, 0.4) is 0 Å². The smallest absolute Gasteiger partial charge is 0.341 e. The SMILES string of the molecule is CCc1cccc(C(NC(=O)c2ccc(C(F)(F)F)[nH]c2=O)c2ccc(C)cc2)c1. The molecule has 7 heteroatoms. The van der Waals surface area contributed by atoms with Gasteiger partial charge in [0.15, 0.2) is 0 Å². The van der Waals surface area contributed by atoms with E-state index in [-0.39, 0.29) is 5.56 Å². The minimum absolute atomic E-state index is 0.383. The molecule has 0 saturated carbocycles. The van der Waals surface area contributed by atoms with Crippen molar-refractivity contribution in [2.75, 3.05) is 0 Å². The van der Waals surface area contributed by atoms with E-state index in [4.69, 9.17) is 0 Å². The molecule has 0 aliphatic rings. The maximum Gasteiger partial charge on any atom is 0.431 e. The Bertz CT molecular complexity index is 1100. The Balaban J connectivity index is 1.98. The summed E-state index contributed by atoms with van der Waals surface area (Å²) in [7, 11) is 0. The van der Waals surface area contributed by atoms with Gasteiger partial charge in [-0.1, -0.05) is 61.0 Å². The minimum Gasteiger partial charge on any atom is -0.341 e. The molecule has 1 aromatic heterocycles. The second-order valence-electron chi connectivity index (χ2n) is 7.03. The molecule has 1 atom stereocenters. The van der Waals surface area contributed by atoms with Crippen LogP contribution in [-0.4, -0.2) is 10.9 Å². The van der Waals surface area contributed by atoms with Gasteiger partial charge in [-0.05, 0) is 42.2 Å². The van der Waals surface area contributed by atoms with Crippen molar-refractivity contribution in [1.29, 1.82) is 0 Å². The molecular weight excluding hydrogens is 393 g/mol. The molecule has 0 saturated heterocycles. The molecule has 4 nitrogen and oxygen atoms in total. The number of aromatic amines is 1. The van der Waals surface area contributed by atoms with Crippen LogP contribution in [0.25, 0.3) is 0 Å². The zero-order valence-corrected chi connectivity index (χ0v) is 16.5. The van der Waals surface area contributed by atoms with E-state index in [2.05, 4.69) is 5.32 Å². The van der Waals surface area contributed by atoms with E-state index in [1.807, 2.05) is 62.4 Å². The summed E-state index contributed by atoms with van der Waals surface area (Å²) in [5, 5.41) is 2.80. The van der Waals surface area contributed by atoms with Gasteiger partial charge in [-0.2, -0.15) is 13.2 Å². The fraction of sp³-hybridized carbons (Fsp3) is 0.217. The van der Waals surface area contributed by atoms with E-state index in [0.717, 1.165) is 34.7 Å². The molecule has 1 amide bonds. The summed E-state index contributed by atoms with van der Waals surface area (Å²) >= 11 is 0. The topological polar surface area (TPSA) is 62.0 Å². The Morgan fingerprint density at radius 2 is 1.73 bits per heavy atom. The number of hydrogen-bond acceptors (Lipinski definition) is 2. The number of aryl methyl sites for hydroxylation is 2. The molecule has 0 aliphatic carbocycles. The van der Waals surface area contributed by atoms with Crippen LogP contribution in [0.2, 0.25) is 0 Å². The summed E-state index contributed by atoms with van der Waals surface area (Å²) in [6, 6.07) is 16.2.